The van der Waals surface area contributed by atoms with Gasteiger partial charge >= 0.3 is 0 Å². The molecule has 28 heavy (non-hydrogen) atoms. The number of ether oxygens (including phenoxy) is 1. The molecule has 0 unspecified atom stereocenters. The maximum atomic E-state index is 14.7. The van der Waals surface area contributed by atoms with Crippen molar-refractivity contribution in [3.8, 4) is 16.2 Å². The molecular weight excluding hydrogens is 379 g/mol. The van der Waals surface area contributed by atoms with Crippen molar-refractivity contribution in [2.75, 3.05) is 7.11 Å². The number of halogens is 1. The summed E-state index contributed by atoms with van der Waals surface area (Å²) in [5.74, 6) is -2.56. The van der Waals surface area contributed by atoms with Gasteiger partial charge in [-0.15, -0.1) is 11.3 Å². The SMILES string of the molecule is COc1cccc(-c2cc(C3C(=O)C(C)(C)C(=O)C(C)(C)C3=O)c(C)s2)c1F. The van der Waals surface area contributed by atoms with Crippen molar-refractivity contribution in [2.45, 2.75) is 40.5 Å². The van der Waals surface area contributed by atoms with Gasteiger partial charge in [0.1, 0.15) is 5.92 Å². The van der Waals surface area contributed by atoms with Crippen molar-refractivity contribution < 1.29 is 23.5 Å². The predicted octanol–water partition coefficient (Wildman–Crippen LogP) is 4.73. The number of hydrogen-bond acceptors (Lipinski definition) is 5. The van der Waals surface area contributed by atoms with Gasteiger partial charge in [0.15, 0.2) is 28.9 Å². The first-order chi connectivity index (χ1) is 12.9. The van der Waals surface area contributed by atoms with Crippen LogP contribution in [0.15, 0.2) is 24.3 Å². The molecule has 1 aliphatic carbocycles. The quantitative estimate of drug-likeness (QED) is 0.697. The second-order valence-electron chi connectivity index (χ2n) is 8.18. The van der Waals surface area contributed by atoms with E-state index in [1.807, 2.05) is 0 Å². The fraction of sp³-hybridized carbons (Fsp3) is 0.409. The van der Waals surface area contributed by atoms with Crippen molar-refractivity contribution in [1.29, 1.82) is 0 Å². The standard InChI is InChI=1S/C22H23FO4S/c1-11-13(10-15(28-11)12-8-7-9-14(27-6)17(12)23)16-18(24)21(2,3)20(26)22(4,5)19(16)25/h7-10,16H,1-6H3. The Hall–Kier alpha value is -2.34. The largest absolute Gasteiger partial charge is 0.494 e. The van der Waals surface area contributed by atoms with Gasteiger partial charge in [0.2, 0.25) is 0 Å². The van der Waals surface area contributed by atoms with Gasteiger partial charge in [-0.3, -0.25) is 14.4 Å². The summed E-state index contributed by atoms with van der Waals surface area (Å²) < 4.78 is 19.7. The molecule has 148 valence electrons. The number of Topliss-reactive ketones (excluding diaryl/α,β-unsaturated/α-hetero) is 3. The molecule has 1 heterocycles. The Morgan fingerprint density at radius 3 is 2.14 bits per heavy atom. The summed E-state index contributed by atoms with van der Waals surface area (Å²) in [6.07, 6.45) is 0. The maximum Gasteiger partial charge on any atom is 0.173 e. The van der Waals surface area contributed by atoms with Crippen LogP contribution in [-0.4, -0.2) is 24.5 Å². The third-order valence-corrected chi connectivity index (χ3v) is 6.71. The minimum Gasteiger partial charge on any atom is -0.494 e. The van der Waals surface area contributed by atoms with Gasteiger partial charge in [0.05, 0.1) is 17.9 Å². The lowest BCUT2D eigenvalue weighted by molar-refractivity contribution is -0.157. The van der Waals surface area contributed by atoms with Crippen LogP contribution in [0.25, 0.3) is 10.4 Å². The van der Waals surface area contributed by atoms with Crippen molar-refractivity contribution in [1.82, 2.24) is 0 Å². The second kappa shape index (κ2) is 6.62. The summed E-state index contributed by atoms with van der Waals surface area (Å²) in [4.78, 5) is 40.2. The van der Waals surface area contributed by atoms with Gasteiger partial charge in [-0.05, 0) is 52.3 Å². The molecule has 0 N–H and O–H groups in total. The van der Waals surface area contributed by atoms with Gasteiger partial charge in [-0.1, -0.05) is 12.1 Å². The lowest BCUT2D eigenvalue weighted by Gasteiger charge is -2.40. The number of thiophene rings is 1. The van der Waals surface area contributed by atoms with Crippen LogP contribution in [0.5, 0.6) is 5.75 Å². The van der Waals surface area contributed by atoms with Crippen LogP contribution in [0, 0.1) is 23.6 Å². The normalized spacial score (nSPS) is 19.2. The van der Waals surface area contributed by atoms with Crippen molar-refractivity contribution >= 4 is 28.7 Å². The van der Waals surface area contributed by atoms with E-state index in [2.05, 4.69) is 0 Å². The van der Waals surface area contributed by atoms with Crippen LogP contribution < -0.4 is 4.74 Å². The zero-order valence-corrected chi connectivity index (χ0v) is 17.6. The first-order valence-corrected chi connectivity index (χ1v) is 9.83. The maximum absolute atomic E-state index is 14.7. The third kappa shape index (κ3) is 2.82. The van der Waals surface area contributed by atoms with Crippen molar-refractivity contribution in [2.24, 2.45) is 10.8 Å². The predicted molar refractivity (Wildman–Crippen MR) is 106 cm³/mol. The van der Waals surface area contributed by atoms with Gasteiger partial charge in [-0.2, -0.15) is 0 Å². The average Bonchev–Trinajstić information content (AvgIpc) is 3.01. The summed E-state index contributed by atoms with van der Waals surface area (Å²) in [5, 5.41) is 0. The molecule has 6 heteroatoms. The van der Waals surface area contributed by atoms with Gasteiger partial charge < -0.3 is 4.74 Å². The van der Waals surface area contributed by atoms with E-state index < -0.39 is 34.1 Å². The van der Waals surface area contributed by atoms with Crippen molar-refractivity contribution in [3.63, 3.8) is 0 Å². The minimum atomic E-state index is -1.25. The number of ketones is 3. The summed E-state index contributed by atoms with van der Waals surface area (Å²) in [5.41, 5.74) is -1.61. The summed E-state index contributed by atoms with van der Waals surface area (Å²) in [7, 11) is 1.40. The molecule has 4 nitrogen and oxygen atoms in total. The first-order valence-electron chi connectivity index (χ1n) is 9.01. The molecule has 2 aromatic rings. The van der Waals surface area contributed by atoms with E-state index in [1.165, 1.54) is 24.5 Å². The molecule has 1 saturated carbocycles. The highest BCUT2D eigenvalue weighted by atomic mass is 32.1. The Morgan fingerprint density at radius 2 is 1.61 bits per heavy atom. The van der Waals surface area contributed by atoms with Crippen LogP contribution in [0.3, 0.4) is 0 Å². The Morgan fingerprint density at radius 1 is 1.04 bits per heavy atom. The zero-order valence-electron chi connectivity index (χ0n) is 16.8. The van der Waals surface area contributed by atoms with Crippen LogP contribution in [0.4, 0.5) is 4.39 Å². The van der Waals surface area contributed by atoms with Gasteiger partial charge in [0.25, 0.3) is 0 Å². The molecule has 1 aromatic carbocycles. The summed E-state index contributed by atoms with van der Waals surface area (Å²) >= 11 is 1.31. The van der Waals surface area contributed by atoms with Gasteiger partial charge in [0, 0.05) is 15.3 Å². The van der Waals surface area contributed by atoms with E-state index in [0.717, 1.165) is 4.88 Å². The Labute approximate surface area is 167 Å². The molecular formula is C22H23FO4S. The molecule has 0 bridgehead atoms. The third-order valence-electron chi connectivity index (χ3n) is 5.61. The highest BCUT2D eigenvalue weighted by molar-refractivity contribution is 7.15. The molecule has 0 atom stereocenters. The number of hydrogen-bond donors (Lipinski definition) is 0. The number of methoxy groups -OCH3 is 1. The molecule has 0 saturated heterocycles. The van der Waals surface area contributed by atoms with Crippen LogP contribution in [-0.2, 0) is 14.4 Å². The number of benzene rings is 1. The number of carbonyl (C=O) groups excluding carboxylic acids is 3. The minimum absolute atomic E-state index is 0.128. The summed E-state index contributed by atoms with van der Waals surface area (Å²) in [6.45, 7) is 8.09. The molecule has 1 aliphatic rings. The first kappa shape index (κ1) is 20.4. The van der Waals surface area contributed by atoms with Crippen molar-refractivity contribution in [3.05, 3.63) is 40.5 Å². The van der Waals surface area contributed by atoms with Gasteiger partial charge in [-0.25, -0.2) is 4.39 Å². The zero-order chi connectivity index (χ0) is 21.0. The van der Waals surface area contributed by atoms with Crippen LogP contribution >= 0.6 is 11.3 Å². The molecule has 1 aromatic heterocycles. The number of aryl methyl sites for hydroxylation is 1. The van der Waals surface area contributed by atoms with Crippen LogP contribution in [0.2, 0.25) is 0 Å². The number of rotatable bonds is 3. The molecule has 0 aliphatic heterocycles. The Balaban J connectivity index is 2.14. The molecule has 0 spiro atoms. The summed E-state index contributed by atoms with van der Waals surface area (Å²) in [6, 6.07) is 6.55. The highest BCUT2D eigenvalue weighted by Crippen LogP contribution is 2.47. The molecule has 3 rings (SSSR count). The molecule has 1 fully saturated rings. The van der Waals surface area contributed by atoms with E-state index in [4.69, 9.17) is 4.74 Å². The lowest BCUT2D eigenvalue weighted by atomic mass is 9.57. The topological polar surface area (TPSA) is 60.4 Å². The van der Waals surface area contributed by atoms with E-state index in [0.29, 0.717) is 16.0 Å². The van der Waals surface area contributed by atoms with E-state index in [9.17, 15) is 18.8 Å². The van der Waals surface area contributed by atoms with E-state index in [-0.39, 0.29) is 11.5 Å². The molecule has 0 amide bonds. The Bertz CT molecular complexity index is 970. The highest BCUT2D eigenvalue weighted by Gasteiger charge is 2.58. The fourth-order valence-corrected chi connectivity index (χ4v) is 4.98. The van der Waals surface area contributed by atoms with E-state index >= 15 is 0 Å². The lowest BCUT2D eigenvalue weighted by Crippen LogP contribution is -2.56. The van der Waals surface area contributed by atoms with Crippen LogP contribution in [0.1, 0.15) is 44.1 Å². The monoisotopic (exact) mass is 402 g/mol. The molecule has 0 radical (unpaired) electrons. The smallest absolute Gasteiger partial charge is 0.173 e. The Kier molecular flexibility index (Phi) is 4.82. The average molecular weight is 402 g/mol. The number of carbonyl (C=O) groups is 3. The second-order valence-corrected chi connectivity index (χ2v) is 9.44. The fourth-order valence-electron chi connectivity index (χ4n) is 3.90. The van der Waals surface area contributed by atoms with E-state index in [1.54, 1.807) is 52.8 Å².